The molecule has 0 radical (unpaired) electrons. The van der Waals surface area contributed by atoms with E-state index in [2.05, 4.69) is 24.3 Å². The molecule has 1 nitrogen and oxygen atoms in total. The maximum atomic E-state index is 5.59. The Morgan fingerprint density at radius 1 is 0.818 bits per heavy atom. The van der Waals surface area contributed by atoms with Crippen LogP contribution in [0.5, 0.6) is 0 Å². The van der Waals surface area contributed by atoms with Crippen LogP contribution in [0, 0.1) is 23.7 Å². The number of rotatable bonds is 0. The number of allylic oxidation sites excluding steroid dienone is 2. The summed E-state index contributed by atoms with van der Waals surface area (Å²) in [7, 11) is 0. The summed E-state index contributed by atoms with van der Waals surface area (Å²) in [6.45, 7) is 0. The van der Waals surface area contributed by atoms with Crippen LogP contribution < -0.4 is 0 Å². The Labute approximate surface area is 65.7 Å². The lowest BCUT2D eigenvalue weighted by Gasteiger charge is -2.17. The highest BCUT2D eigenvalue weighted by Gasteiger charge is 2.63. The van der Waals surface area contributed by atoms with E-state index in [1.165, 1.54) is 0 Å². The van der Waals surface area contributed by atoms with Gasteiger partial charge in [-0.05, 0) is 11.8 Å². The fourth-order valence-electron chi connectivity index (χ4n) is 3.27. The second-order valence-electron chi connectivity index (χ2n) is 4.14. The molecule has 1 saturated heterocycles. The first-order valence-electron chi connectivity index (χ1n) is 4.47. The zero-order valence-electron chi connectivity index (χ0n) is 6.18. The van der Waals surface area contributed by atoms with Gasteiger partial charge in [-0.15, -0.1) is 0 Å². The minimum absolute atomic E-state index is 0.608. The Balaban J connectivity index is 1.92. The minimum atomic E-state index is 0.608. The van der Waals surface area contributed by atoms with E-state index in [9.17, 15) is 0 Å². The van der Waals surface area contributed by atoms with Gasteiger partial charge < -0.3 is 4.74 Å². The van der Waals surface area contributed by atoms with Crippen molar-refractivity contribution in [1.82, 2.24) is 0 Å². The first-order valence-corrected chi connectivity index (χ1v) is 4.47. The van der Waals surface area contributed by atoms with Gasteiger partial charge >= 0.3 is 0 Å². The first-order chi connectivity index (χ1) is 5.45. The fourth-order valence-corrected chi connectivity index (χ4v) is 3.27. The Hall–Kier alpha value is -0.560. The molecule has 0 N–H and O–H groups in total. The largest absolute Gasteiger partial charge is 0.368 e. The third-order valence-electron chi connectivity index (χ3n) is 3.76. The third kappa shape index (κ3) is 0.416. The molecule has 56 valence electrons. The van der Waals surface area contributed by atoms with Crippen molar-refractivity contribution in [2.75, 3.05) is 0 Å². The summed E-state index contributed by atoms with van der Waals surface area (Å²) in [4.78, 5) is 0. The number of hydrogen-bond donors (Lipinski definition) is 0. The van der Waals surface area contributed by atoms with Crippen LogP contribution in [0.1, 0.15) is 0 Å². The normalized spacial score (nSPS) is 66.9. The summed E-state index contributed by atoms with van der Waals surface area (Å²) in [5, 5.41) is 0. The van der Waals surface area contributed by atoms with Crippen LogP contribution in [0.2, 0.25) is 0 Å². The molecule has 0 aromatic rings. The molecule has 0 amide bonds. The van der Waals surface area contributed by atoms with Crippen molar-refractivity contribution in [2.45, 2.75) is 12.2 Å². The van der Waals surface area contributed by atoms with E-state index >= 15 is 0 Å². The van der Waals surface area contributed by atoms with Crippen molar-refractivity contribution in [3.63, 3.8) is 0 Å². The Morgan fingerprint density at radius 3 is 2.09 bits per heavy atom. The molecule has 11 heavy (non-hydrogen) atoms. The maximum Gasteiger partial charge on any atom is 0.0913 e. The lowest BCUT2D eigenvalue weighted by molar-refractivity contribution is 0.197. The van der Waals surface area contributed by atoms with Crippen molar-refractivity contribution in [1.29, 1.82) is 0 Å². The molecule has 2 fully saturated rings. The summed E-state index contributed by atoms with van der Waals surface area (Å²) in [6.07, 6.45) is 10.7. The van der Waals surface area contributed by atoms with E-state index < -0.39 is 0 Å². The number of hydrogen-bond acceptors (Lipinski definition) is 1. The topological polar surface area (TPSA) is 12.5 Å². The van der Waals surface area contributed by atoms with Gasteiger partial charge in [0.05, 0.1) is 12.2 Å². The quantitative estimate of drug-likeness (QED) is 0.371. The number of fused-ring (bicyclic) bond motifs is 3. The van der Waals surface area contributed by atoms with Crippen LogP contribution in [0.15, 0.2) is 24.3 Å². The van der Waals surface area contributed by atoms with E-state index in [1.807, 2.05) is 0 Å². The van der Waals surface area contributed by atoms with Gasteiger partial charge in [0.25, 0.3) is 0 Å². The maximum absolute atomic E-state index is 5.59. The second kappa shape index (κ2) is 1.34. The predicted octanol–water partition coefficient (Wildman–Crippen LogP) is 1.37. The van der Waals surface area contributed by atoms with Crippen molar-refractivity contribution in [3.05, 3.63) is 24.3 Å². The van der Waals surface area contributed by atoms with E-state index in [0.717, 1.165) is 23.7 Å². The first kappa shape index (κ1) is 5.15. The Bertz CT molecular complexity index is 253. The average Bonchev–Trinajstić information content (AvgIpc) is 2.49. The molecule has 1 aliphatic heterocycles. The van der Waals surface area contributed by atoms with Gasteiger partial charge in [0, 0.05) is 11.8 Å². The molecule has 0 bridgehead atoms. The van der Waals surface area contributed by atoms with Crippen LogP contribution in [0.25, 0.3) is 0 Å². The number of ether oxygens (including phenoxy) is 1. The van der Waals surface area contributed by atoms with Crippen molar-refractivity contribution >= 4 is 0 Å². The molecule has 2 unspecified atom stereocenters. The average molecular weight is 146 g/mol. The van der Waals surface area contributed by atoms with Crippen LogP contribution in [0.4, 0.5) is 0 Å². The van der Waals surface area contributed by atoms with Crippen molar-refractivity contribution < 1.29 is 4.74 Å². The smallest absolute Gasteiger partial charge is 0.0913 e. The molecule has 3 aliphatic carbocycles. The lowest BCUT2D eigenvalue weighted by Crippen LogP contribution is -2.16. The highest BCUT2D eigenvalue weighted by molar-refractivity contribution is 5.31. The SMILES string of the molecule is C1=C[C@H]2C3C1C=C[C@@H]3[C@H]1O[C@H]12. The van der Waals surface area contributed by atoms with Gasteiger partial charge in [-0.1, -0.05) is 24.3 Å². The van der Waals surface area contributed by atoms with Gasteiger partial charge in [-0.3, -0.25) is 0 Å². The molecular formula is C10H10O. The Kier molecular flexibility index (Phi) is 0.625. The molecule has 4 rings (SSSR count). The lowest BCUT2D eigenvalue weighted by atomic mass is 9.89. The van der Waals surface area contributed by atoms with E-state index in [0.29, 0.717) is 12.2 Å². The molecule has 0 aromatic carbocycles. The second-order valence-corrected chi connectivity index (χ2v) is 4.14. The summed E-state index contributed by atoms with van der Waals surface area (Å²) in [6, 6.07) is 0. The minimum Gasteiger partial charge on any atom is -0.368 e. The predicted molar refractivity (Wildman–Crippen MR) is 40.9 cm³/mol. The van der Waals surface area contributed by atoms with Gasteiger partial charge in [0.15, 0.2) is 0 Å². The molecule has 6 atom stereocenters. The van der Waals surface area contributed by atoms with E-state index in [4.69, 9.17) is 4.74 Å². The van der Waals surface area contributed by atoms with Crippen LogP contribution >= 0.6 is 0 Å². The van der Waals surface area contributed by atoms with Crippen LogP contribution in [-0.2, 0) is 4.74 Å². The van der Waals surface area contributed by atoms with Crippen molar-refractivity contribution in [2.24, 2.45) is 23.7 Å². The Morgan fingerprint density at radius 2 is 1.45 bits per heavy atom. The molecular weight excluding hydrogens is 136 g/mol. The van der Waals surface area contributed by atoms with Crippen molar-refractivity contribution in [3.8, 4) is 0 Å². The molecule has 4 aliphatic rings. The number of epoxide rings is 1. The summed E-state index contributed by atoms with van der Waals surface area (Å²) >= 11 is 0. The molecule has 1 heterocycles. The standard InChI is InChI=1S/C10H10O/c1-3-6-8-5(1)2-4-7(8)10-9(6)11-10/h1-10H/t5?,6-,7-,8?,9-,10+/m0/s1. The van der Waals surface area contributed by atoms with E-state index in [-0.39, 0.29) is 0 Å². The van der Waals surface area contributed by atoms with Crippen LogP contribution in [-0.4, -0.2) is 12.2 Å². The van der Waals surface area contributed by atoms with E-state index in [1.54, 1.807) is 0 Å². The summed E-state index contributed by atoms with van der Waals surface area (Å²) in [5.74, 6) is 3.20. The monoisotopic (exact) mass is 146 g/mol. The fraction of sp³-hybridized carbons (Fsp3) is 0.600. The highest BCUT2D eigenvalue weighted by Crippen LogP contribution is 2.60. The molecule has 1 heteroatoms. The summed E-state index contributed by atoms with van der Waals surface area (Å²) < 4.78 is 5.59. The molecule has 1 saturated carbocycles. The van der Waals surface area contributed by atoms with Gasteiger partial charge in [0.1, 0.15) is 0 Å². The molecule has 0 aromatic heterocycles. The van der Waals surface area contributed by atoms with Gasteiger partial charge in [0.2, 0.25) is 0 Å². The van der Waals surface area contributed by atoms with Gasteiger partial charge in [-0.2, -0.15) is 0 Å². The van der Waals surface area contributed by atoms with Crippen LogP contribution in [0.3, 0.4) is 0 Å². The van der Waals surface area contributed by atoms with Gasteiger partial charge in [-0.25, -0.2) is 0 Å². The zero-order valence-corrected chi connectivity index (χ0v) is 6.18. The molecule has 0 spiro atoms. The third-order valence-corrected chi connectivity index (χ3v) is 3.76. The highest BCUT2D eigenvalue weighted by atomic mass is 16.6. The summed E-state index contributed by atoms with van der Waals surface area (Å²) in [5.41, 5.74) is 0. The zero-order chi connectivity index (χ0) is 7.00.